The molecule has 2 aromatic rings. The molecule has 1 heterocycles. The van der Waals surface area contributed by atoms with E-state index in [0.29, 0.717) is 25.4 Å². The van der Waals surface area contributed by atoms with Gasteiger partial charge in [0.25, 0.3) is 0 Å². The first kappa shape index (κ1) is 21.3. The van der Waals surface area contributed by atoms with Gasteiger partial charge >= 0.3 is 0 Å². The number of nitrogens with zero attached hydrogens (tertiary/aromatic N) is 1. The number of hydrogen-bond donors (Lipinski definition) is 2. The van der Waals surface area contributed by atoms with E-state index in [1.54, 1.807) is 0 Å². The summed E-state index contributed by atoms with van der Waals surface area (Å²) in [7, 11) is 0. The number of oxazole rings is 1. The lowest BCUT2D eigenvalue weighted by Gasteiger charge is -2.01. The highest BCUT2D eigenvalue weighted by Crippen LogP contribution is 2.24. The number of rotatable bonds is 6. The van der Waals surface area contributed by atoms with Gasteiger partial charge in [-0.15, -0.1) is 24.8 Å². The lowest BCUT2D eigenvalue weighted by atomic mass is 10.2. The number of benzene rings is 1. The molecule has 0 unspecified atom stereocenters. The van der Waals surface area contributed by atoms with Crippen molar-refractivity contribution in [2.45, 2.75) is 12.8 Å². The molecule has 3 N–H and O–H groups in total. The first-order chi connectivity index (χ1) is 10.1. The molecular formula is C14H17Cl2F2N3O2. The number of carbonyl (C=O) groups excluding carboxylic acids is 1. The summed E-state index contributed by atoms with van der Waals surface area (Å²) in [5, 5.41) is 2.62. The van der Waals surface area contributed by atoms with Crippen molar-refractivity contribution in [3.05, 3.63) is 41.9 Å². The Hall–Kier alpha value is -1.70. The molecule has 5 nitrogen and oxygen atoms in total. The molecule has 2 rings (SSSR count). The summed E-state index contributed by atoms with van der Waals surface area (Å²) in [5.41, 5.74) is 5.40. The summed E-state index contributed by atoms with van der Waals surface area (Å²) in [6.45, 7) is 0.787. The largest absolute Gasteiger partial charge is 0.441 e. The predicted octanol–water partition coefficient (Wildman–Crippen LogP) is 2.47. The van der Waals surface area contributed by atoms with Crippen molar-refractivity contribution in [3.8, 4) is 11.3 Å². The Morgan fingerprint density at radius 1 is 1.30 bits per heavy atom. The van der Waals surface area contributed by atoms with Crippen molar-refractivity contribution in [2.24, 2.45) is 5.73 Å². The summed E-state index contributed by atoms with van der Waals surface area (Å²) in [6, 6.07) is 3.20. The molecule has 0 saturated carbocycles. The molecule has 128 valence electrons. The van der Waals surface area contributed by atoms with Gasteiger partial charge in [-0.2, -0.15) is 0 Å². The minimum atomic E-state index is -0.724. The zero-order valence-corrected chi connectivity index (χ0v) is 13.7. The topological polar surface area (TPSA) is 81.1 Å². The number of nitrogens with two attached hydrogens (primary N) is 1. The smallest absolute Gasteiger partial charge is 0.220 e. The Morgan fingerprint density at radius 3 is 2.70 bits per heavy atom. The summed E-state index contributed by atoms with van der Waals surface area (Å²) in [5.74, 6) is -1.03. The van der Waals surface area contributed by atoms with Crippen LogP contribution < -0.4 is 11.1 Å². The molecule has 0 radical (unpaired) electrons. The Morgan fingerprint density at radius 2 is 2.04 bits per heavy atom. The van der Waals surface area contributed by atoms with Gasteiger partial charge in [0.2, 0.25) is 5.91 Å². The van der Waals surface area contributed by atoms with Crippen LogP contribution in [0.3, 0.4) is 0 Å². The van der Waals surface area contributed by atoms with Crippen molar-refractivity contribution in [2.75, 3.05) is 13.1 Å². The first-order valence-electron chi connectivity index (χ1n) is 6.47. The number of nitrogens with one attached hydrogen (secondary N) is 1. The monoisotopic (exact) mass is 367 g/mol. The fraction of sp³-hybridized carbons (Fsp3) is 0.286. The van der Waals surface area contributed by atoms with Crippen molar-refractivity contribution in [3.63, 3.8) is 0 Å². The third-order valence-corrected chi connectivity index (χ3v) is 2.78. The van der Waals surface area contributed by atoms with Crippen LogP contribution in [0.15, 0.2) is 28.8 Å². The predicted molar refractivity (Wildman–Crippen MR) is 86.7 cm³/mol. The van der Waals surface area contributed by atoms with Gasteiger partial charge in [0.05, 0.1) is 11.8 Å². The van der Waals surface area contributed by atoms with E-state index in [-0.39, 0.29) is 48.5 Å². The highest BCUT2D eigenvalue weighted by molar-refractivity contribution is 5.85. The SMILES string of the molecule is Cl.Cl.NCCNC(=O)CCc1ncc(-c2ccc(F)cc2F)o1. The van der Waals surface area contributed by atoms with Gasteiger partial charge in [-0.25, -0.2) is 13.8 Å². The maximum Gasteiger partial charge on any atom is 0.220 e. The van der Waals surface area contributed by atoms with Crippen LogP contribution in [0.25, 0.3) is 11.3 Å². The summed E-state index contributed by atoms with van der Waals surface area (Å²) in [4.78, 5) is 15.4. The molecule has 0 spiro atoms. The van der Waals surface area contributed by atoms with Crippen LogP contribution in [0.4, 0.5) is 8.78 Å². The van der Waals surface area contributed by atoms with Crippen LogP contribution in [0.2, 0.25) is 0 Å². The average molecular weight is 368 g/mol. The quantitative estimate of drug-likeness (QED) is 0.821. The summed E-state index contributed by atoms with van der Waals surface area (Å²) < 4.78 is 31.8. The second kappa shape index (κ2) is 10.1. The van der Waals surface area contributed by atoms with Gasteiger partial charge < -0.3 is 15.5 Å². The van der Waals surface area contributed by atoms with Crippen LogP contribution in [-0.2, 0) is 11.2 Å². The number of aromatic nitrogens is 1. The normalized spacial score (nSPS) is 9.70. The Balaban J connectivity index is 0.00000242. The van der Waals surface area contributed by atoms with Gasteiger partial charge in [-0.3, -0.25) is 4.79 Å². The summed E-state index contributed by atoms with van der Waals surface area (Å²) in [6.07, 6.45) is 1.84. The average Bonchev–Trinajstić information content (AvgIpc) is 2.91. The second-order valence-corrected chi connectivity index (χ2v) is 4.38. The molecule has 1 amide bonds. The molecule has 0 aliphatic heterocycles. The van der Waals surface area contributed by atoms with Crippen LogP contribution in [0, 0.1) is 11.6 Å². The van der Waals surface area contributed by atoms with Crippen molar-refractivity contribution >= 4 is 30.7 Å². The minimum Gasteiger partial charge on any atom is -0.441 e. The molecule has 0 fully saturated rings. The molecule has 1 aromatic carbocycles. The Labute approximate surface area is 144 Å². The maximum absolute atomic E-state index is 13.6. The number of halogens is 4. The van der Waals surface area contributed by atoms with Gasteiger partial charge in [0.1, 0.15) is 11.6 Å². The van der Waals surface area contributed by atoms with Gasteiger partial charge in [-0.1, -0.05) is 0 Å². The highest BCUT2D eigenvalue weighted by Gasteiger charge is 2.12. The third kappa shape index (κ3) is 6.13. The fourth-order valence-corrected chi connectivity index (χ4v) is 1.76. The first-order valence-corrected chi connectivity index (χ1v) is 6.47. The van der Waals surface area contributed by atoms with Crippen molar-refractivity contribution in [1.29, 1.82) is 0 Å². The Kier molecular flexibility index (Phi) is 9.40. The van der Waals surface area contributed by atoms with E-state index < -0.39 is 11.6 Å². The van der Waals surface area contributed by atoms with Gasteiger partial charge in [0, 0.05) is 32.0 Å². The number of aryl methyl sites for hydroxylation is 1. The van der Waals surface area contributed by atoms with E-state index in [4.69, 9.17) is 10.2 Å². The van der Waals surface area contributed by atoms with E-state index in [1.165, 1.54) is 12.3 Å². The van der Waals surface area contributed by atoms with Crippen LogP contribution >= 0.6 is 24.8 Å². The van der Waals surface area contributed by atoms with Gasteiger partial charge in [0.15, 0.2) is 11.7 Å². The summed E-state index contributed by atoms with van der Waals surface area (Å²) >= 11 is 0. The second-order valence-electron chi connectivity index (χ2n) is 4.38. The zero-order valence-electron chi connectivity index (χ0n) is 12.1. The van der Waals surface area contributed by atoms with Gasteiger partial charge in [-0.05, 0) is 12.1 Å². The standard InChI is InChI=1S/C14H15F2N3O2.2ClH/c15-9-1-2-10(11(16)7-9)12-8-19-14(21-12)4-3-13(20)18-6-5-17;;/h1-2,7-8H,3-6,17H2,(H,18,20);2*1H. The number of amides is 1. The van der Waals surface area contributed by atoms with E-state index in [0.717, 1.165) is 12.1 Å². The molecule has 0 bridgehead atoms. The number of hydrogen-bond acceptors (Lipinski definition) is 4. The van der Waals surface area contributed by atoms with E-state index in [9.17, 15) is 13.6 Å². The number of carbonyl (C=O) groups is 1. The Bertz CT molecular complexity index is 638. The van der Waals surface area contributed by atoms with Crippen LogP contribution in [0.5, 0.6) is 0 Å². The van der Waals surface area contributed by atoms with E-state index in [2.05, 4.69) is 10.3 Å². The van der Waals surface area contributed by atoms with Crippen molar-refractivity contribution < 1.29 is 18.0 Å². The van der Waals surface area contributed by atoms with Crippen molar-refractivity contribution in [1.82, 2.24) is 10.3 Å². The molecule has 23 heavy (non-hydrogen) atoms. The lowest BCUT2D eigenvalue weighted by molar-refractivity contribution is -0.121. The molecule has 0 saturated heterocycles. The molecule has 0 aliphatic rings. The molecule has 0 aliphatic carbocycles. The highest BCUT2D eigenvalue weighted by atomic mass is 35.5. The molecular weight excluding hydrogens is 351 g/mol. The zero-order chi connectivity index (χ0) is 15.2. The molecule has 9 heteroatoms. The molecule has 1 aromatic heterocycles. The fourth-order valence-electron chi connectivity index (χ4n) is 1.76. The molecule has 0 atom stereocenters. The minimum absolute atomic E-state index is 0. The van der Waals surface area contributed by atoms with Crippen LogP contribution in [0.1, 0.15) is 12.3 Å². The third-order valence-electron chi connectivity index (χ3n) is 2.78. The van der Waals surface area contributed by atoms with E-state index >= 15 is 0 Å². The lowest BCUT2D eigenvalue weighted by Crippen LogP contribution is -2.29. The maximum atomic E-state index is 13.6. The van der Waals surface area contributed by atoms with E-state index in [1.807, 2.05) is 0 Å². The van der Waals surface area contributed by atoms with Crippen LogP contribution in [-0.4, -0.2) is 24.0 Å².